The summed E-state index contributed by atoms with van der Waals surface area (Å²) in [6.45, 7) is 5.28. The Morgan fingerprint density at radius 2 is 1.21 bits per heavy atom. The van der Waals surface area contributed by atoms with Crippen LogP contribution in [0.5, 0.6) is 11.5 Å². The summed E-state index contributed by atoms with van der Waals surface area (Å²) in [6.07, 6.45) is -0.725. The van der Waals surface area contributed by atoms with Crippen LogP contribution < -0.4 is 15.5 Å². The monoisotopic (exact) mass is 393 g/mol. The fourth-order valence-electron chi connectivity index (χ4n) is 1.75. The molecular weight excluding hydrogens is 374 g/mol. The molecule has 2 N–H and O–H groups in total. The van der Waals surface area contributed by atoms with Crippen LogP contribution in [0.4, 0.5) is 16.2 Å². The third-order valence-electron chi connectivity index (χ3n) is 2.75. The van der Waals surface area contributed by atoms with E-state index in [2.05, 4.69) is 4.74 Å². The zero-order chi connectivity index (χ0) is 21.3. The van der Waals surface area contributed by atoms with Crippen molar-refractivity contribution in [2.45, 2.75) is 26.4 Å². The molecule has 0 aliphatic rings. The molecule has 0 heterocycles. The Morgan fingerprint density at radius 3 is 1.46 bits per heavy atom. The Kier molecular flexibility index (Phi) is 7.68. The highest BCUT2D eigenvalue weighted by molar-refractivity contribution is 5.65. The zero-order valence-corrected chi connectivity index (χ0v) is 15.4. The van der Waals surface area contributed by atoms with Crippen molar-refractivity contribution in [3.8, 4) is 11.5 Å². The summed E-state index contributed by atoms with van der Waals surface area (Å²) in [5, 5.41) is 21.5. The molecule has 0 spiro atoms. The van der Waals surface area contributed by atoms with E-state index in [4.69, 9.17) is 15.5 Å². The van der Waals surface area contributed by atoms with Gasteiger partial charge in [0.15, 0.2) is 0 Å². The van der Waals surface area contributed by atoms with Crippen LogP contribution in [0.25, 0.3) is 0 Å². The van der Waals surface area contributed by atoms with Gasteiger partial charge in [0, 0.05) is 12.1 Å². The van der Waals surface area contributed by atoms with Gasteiger partial charge in [-0.1, -0.05) is 24.3 Å². The fraction of sp³-hybridized carbons (Fsp3) is 0.235. The predicted molar refractivity (Wildman–Crippen MR) is 97.9 cm³/mol. The van der Waals surface area contributed by atoms with Gasteiger partial charge in [0.1, 0.15) is 5.60 Å². The summed E-state index contributed by atoms with van der Waals surface area (Å²) in [6, 6.07) is 11.1. The molecule has 0 saturated carbocycles. The van der Waals surface area contributed by atoms with Crippen molar-refractivity contribution in [2.24, 2.45) is 5.73 Å². The van der Waals surface area contributed by atoms with Crippen LogP contribution >= 0.6 is 0 Å². The number of para-hydroxylation sites is 4. The Balaban J connectivity index is 0.000000416. The molecule has 1 amide bonds. The molecular formula is C17H19N3O8. The third kappa shape index (κ3) is 7.56. The van der Waals surface area contributed by atoms with E-state index in [0.717, 1.165) is 0 Å². The number of benzene rings is 2. The summed E-state index contributed by atoms with van der Waals surface area (Å²) < 4.78 is 4.58. The summed E-state index contributed by atoms with van der Waals surface area (Å²) in [7, 11) is 0. The molecule has 0 aliphatic carbocycles. The first-order chi connectivity index (χ1) is 13.0. The molecule has 11 heteroatoms. The Labute approximate surface area is 159 Å². The number of ether oxygens (including phenoxy) is 1. The molecule has 28 heavy (non-hydrogen) atoms. The number of nitro benzene ring substituents is 2. The molecule has 0 aromatic heterocycles. The molecule has 2 aromatic carbocycles. The largest absolute Gasteiger partial charge is 0.444 e. The van der Waals surface area contributed by atoms with Gasteiger partial charge in [-0.05, 0) is 32.9 Å². The minimum absolute atomic E-state index is 0.143. The first-order valence-electron chi connectivity index (χ1n) is 7.81. The minimum Gasteiger partial charge on any atom is -0.444 e. The smallest absolute Gasteiger partial charge is 0.405 e. The van der Waals surface area contributed by atoms with Crippen molar-refractivity contribution in [1.82, 2.24) is 0 Å². The number of amides is 1. The maximum absolute atomic E-state index is 10.8. The molecule has 0 bridgehead atoms. The van der Waals surface area contributed by atoms with Crippen LogP contribution in [0.15, 0.2) is 48.5 Å². The fourth-order valence-corrected chi connectivity index (χ4v) is 1.75. The van der Waals surface area contributed by atoms with Crippen molar-refractivity contribution >= 4 is 17.5 Å². The van der Waals surface area contributed by atoms with Crippen LogP contribution in [0, 0.1) is 20.2 Å². The molecule has 0 atom stereocenters. The second-order valence-electron chi connectivity index (χ2n) is 6.15. The first-order valence-corrected chi connectivity index (χ1v) is 7.81. The Bertz CT molecular complexity index is 791. The predicted octanol–water partition coefficient (Wildman–Crippen LogP) is 3.76. The Hall–Kier alpha value is -3.89. The molecule has 0 saturated heterocycles. The minimum atomic E-state index is -0.725. The van der Waals surface area contributed by atoms with E-state index < -0.39 is 21.5 Å². The second kappa shape index (κ2) is 9.71. The van der Waals surface area contributed by atoms with Crippen molar-refractivity contribution in [2.75, 3.05) is 0 Å². The van der Waals surface area contributed by atoms with Crippen LogP contribution in [0.2, 0.25) is 0 Å². The van der Waals surface area contributed by atoms with Gasteiger partial charge in [-0.2, -0.15) is 0 Å². The lowest BCUT2D eigenvalue weighted by Gasteiger charge is -2.16. The van der Waals surface area contributed by atoms with Crippen molar-refractivity contribution in [1.29, 1.82) is 0 Å². The number of nitro groups is 2. The number of hydrogen-bond acceptors (Lipinski definition) is 8. The maximum Gasteiger partial charge on any atom is 0.405 e. The van der Waals surface area contributed by atoms with Crippen LogP contribution in [-0.2, 0) is 4.74 Å². The van der Waals surface area contributed by atoms with E-state index in [0.29, 0.717) is 0 Å². The average molecular weight is 393 g/mol. The normalized spacial score (nSPS) is 10.1. The molecule has 0 unspecified atom stereocenters. The van der Waals surface area contributed by atoms with Crippen LogP contribution in [-0.4, -0.2) is 21.5 Å². The quantitative estimate of drug-likeness (QED) is 0.457. The van der Waals surface area contributed by atoms with E-state index in [-0.39, 0.29) is 22.9 Å². The van der Waals surface area contributed by atoms with Gasteiger partial charge >= 0.3 is 17.5 Å². The number of carbonyl (C=O) groups is 1. The van der Waals surface area contributed by atoms with Crippen LogP contribution in [0.1, 0.15) is 20.8 Å². The summed E-state index contributed by atoms with van der Waals surface area (Å²) >= 11 is 0. The highest BCUT2D eigenvalue weighted by Gasteiger charge is 2.19. The molecule has 150 valence electrons. The molecule has 11 nitrogen and oxygen atoms in total. The van der Waals surface area contributed by atoms with Crippen molar-refractivity contribution in [3.63, 3.8) is 0 Å². The van der Waals surface area contributed by atoms with Crippen molar-refractivity contribution < 1.29 is 29.2 Å². The second-order valence-corrected chi connectivity index (χ2v) is 6.15. The Morgan fingerprint density at radius 1 is 0.857 bits per heavy atom. The molecule has 2 rings (SSSR count). The van der Waals surface area contributed by atoms with E-state index in [9.17, 15) is 25.0 Å². The number of nitrogens with zero attached hydrogens (tertiary/aromatic N) is 2. The van der Waals surface area contributed by atoms with E-state index in [1.165, 1.54) is 48.5 Å². The summed E-state index contributed by atoms with van der Waals surface area (Å²) in [5.74, 6) is -0.286. The average Bonchev–Trinajstić information content (AvgIpc) is 2.58. The van der Waals surface area contributed by atoms with Gasteiger partial charge in [-0.3, -0.25) is 30.0 Å². The highest BCUT2D eigenvalue weighted by Crippen LogP contribution is 2.30. The lowest BCUT2D eigenvalue weighted by atomic mass is 10.2. The number of hydrogen-bond donors (Lipinski definition) is 1. The highest BCUT2D eigenvalue weighted by atomic mass is 17.2. The van der Waals surface area contributed by atoms with Crippen LogP contribution in [0.3, 0.4) is 0 Å². The van der Waals surface area contributed by atoms with E-state index in [1.54, 1.807) is 20.8 Å². The van der Waals surface area contributed by atoms with Crippen molar-refractivity contribution in [3.05, 3.63) is 68.8 Å². The van der Waals surface area contributed by atoms with E-state index in [1.807, 2.05) is 0 Å². The molecule has 2 aromatic rings. The standard InChI is InChI=1S/C12H8N2O6.C5H11NO2/c15-13(16)9-5-1-3-7-11(9)19-20-12-8-4-2-6-10(12)14(17)18;1-5(2,3)8-4(6)7/h1-8H;1-3H3,(H2,6,7). The lowest BCUT2D eigenvalue weighted by Crippen LogP contribution is -2.27. The number of carbonyl (C=O) groups excluding carboxylic acids is 1. The summed E-state index contributed by atoms with van der Waals surface area (Å²) in [5.41, 5.74) is 3.67. The zero-order valence-electron chi connectivity index (χ0n) is 15.4. The lowest BCUT2D eigenvalue weighted by molar-refractivity contribution is -0.390. The molecule has 0 aliphatic heterocycles. The molecule has 0 fully saturated rings. The van der Waals surface area contributed by atoms with Gasteiger partial charge in [0.05, 0.1) is 9.85 Å². The van der Waals surface area contributed by atoms with Gasteiger partial charge in [0.2, 0.25) is 0 Å². The number of nitrogens with two attached hydrogens (primary N) is 1. The van der Waals surface area contributed by atoms with Gasteiger partial charge < -0.3 is 10.5 Å². The molecule has 0 radical (unpaired) electrons. The maximum atomic E-state index is 10.8. The first kappa shape index (κ1) is 22.2. The summed E-state index contributed by atoms with van der Waals surface area (Å²) in [4.78, 5) is 39.9. The third-order valence-corrected chi connectivity index (χ3v) is 2.75. The van der Waals surface area contributed by atoms with Gasteiger partial charge in [0.25, 0.3) is 11.5 Å². The van der Waals surface area contributed by atoms with E-state index >= 15 is 0 Å². The van der Waals surface area contributed by atoms with Gasteiger partial charge in [-0.25, -0.2) is 4.79 Å². The van der Waals surface area contributed by atoms with Gasteiger partial charge in [-0.15, -0.1) is 0 Å². The topological polar surface area (TPSA) is 157 Å². The number of primary amides is 1. The SMILES string of the molecule is CC(C)(C)OC(N)=O.O=[N+]([O-])c1ccccc1OOc1ccccc1[N+](=O)[O-]. The number of rotatable bonds is 5.